The van der Waals surface area contributed by atoms with Gasteiger partial charge in [-0.2, -0.15) is 0 Å². The third-order valence-corrected chi connectivity index (χ3v) is 4.37. The first-order chi connectivity index (χ1) is 9.20. The molecule has 1 aromatic rings. The lowest BCUT2D eigenvalue weighted by Gasteiger charge is -2.21. The van der Waals surface area contributed by atoms with Gasteiger partial charge in [0.1, 0.15) is 5.82 Å². The highest BCUT2D eigenvalue weighted by Gasteiger charge is 2.18. The van der Waals surface area contributed by atoms with Gasteiger partial charge in [0.2, 0.25) is 0 Å². The second-order valence-electron chi connectivity index (χ2n) is 5.85. The van der Waals surface area contributed by atoms with Gasteiger partial charge in [-0.15, -0.1) is 0 Å². The van der Waals surface area contributed by atoms with E-state index >= 15 is 0 Å². The van der Waals surface area contributed by atoms with Gasteiger partial charge in [-0.1, -0.05) is 44.7 Å². The van der Waals surface area contributed by atoms with Gasteiger partial charge in [-0.25, -0.2) is 4.39 Å². The quantitative estimate of drug-likeness (QED) is 0.780. The summed E-state index contributed by atoms with van der Waals surface area (Å²) in [7, 11) is 0. The van der Waals surface area contributed by atoms with E-state index in [9.17, 15) is 4.39 Å². The van der Waals surface area contributed by atoms with E-state index in [2.05, 4.69) is 12.2 Å². The third kappa shape index (κ3) is 4.04. The molecule has 0 spiro atoms. The van der Waals surface area contributed by atoms with Crippen molar-refractivity contribution in [1.29, 1.82) is 0 Å². The smallest absolute Gasteiger partial charge is 0.126 e. The molecule has 0 bridgehead atoms. The minimum Gasteiger partial charge on any atom is -0.310 e. The van der Waals surface area contributed by atoms with Crippen LogP contribution in [-0.4, -0.2) is 6.54 Å². The summed E-state index contributed by atoms with van der Waals surface area (Å²) < 4.78 is 13.4. The van der Waals surface area contributed by atoms with Crippen molar-refractivity contribution in [2.24, 2.45) is 5.92 Å². The minimum absolute atomic E-state index is 0.102. The normalized spacial score (nSPS) is 17.8. The number of hydrogen-bond donors (Lipinski definition) is 1. The van der Waals surface area contributed by atoms with E-state index in [-0.39, 0.29) is 5.82 Å². The van der Waals surface area contributed by atoms with Crippen LogP contribution in [0.2, 0.25) is 0 Å². The summed E-state index contributed by atoms with van der Waals surface area (Å²) in [6.07, 6.45) is 8.10. The van der Waals surface area contributed by atoms with Crippen molar-refractivity contribution < 1.29 is 4.39 Å². The monoisotopic (exact) mass is 263 g/mol. The number of hydrogen-bond acceptors (Lipinski definition) is 1. The molecule has 106 valence electrons. The molecule has 1 nitrogen and oxygen atoms in total. The van der Waals surface area contributed by atoms with E-state index in [0.717, 1.165) is 18.0 Å². The van der Waals surface area contributed by atoms with Crippen LogP contribution in [0.5, 0.6) is 0 Å². The van der Waals surface area contributed by atoms with E-state index in [1.807, 2.05) is 19.1 Å². The zero-order valence-corrected chi connectivity index (χ0v) is 12.2. The predicted octanol–water partition coefficient (Wildman–Crippen LogP) is 4.76. The topological polar surface area (TPSA) is 12.0 Å². The van der Waals surface area contributed by atoms with Crippen molar-refractivity contribution in [2.45, 2.75) is 58.4 Å². The maximum atomic E-state index is 13.4. The number of benzene rings is 1. The highest BCUT2D eigenvalue weighted by atomic mass is 19.1. The highest BCUT2D eigenvalue weighted by Crippen LogP contribution is 2.31. The summed E-state index contributed by atoms with van der Waals surface area (Å²) in [4.78, 5) is 0. The van der Waals surface area contributed by atoms with Gasteiger partial charge in [-0.3, -0.25) is 0 Å². The van der Waals surface area contributed by atoms with Gasteiger partial charge >= 0.3 is 0 Å². The second-order valence-corrected chi connectivity index (χ2v) is 5.85. The molecule has 1 N–H and O–H groups in total. The molecular formula is C17H26FN. The summed E-state index contributed by atoms with van der Waals surface area (Å²) >= 11 is 0. The molecule has 19 heavy (non-hydrogen) atoms. The Labute approximate surface area is 116 Å². The molecule has 1 atom stereocenters. The molecular weight excluding hydrogens is 237 g/mol. The number of aryl methyl sites for hydroxylation is 1. The summed E-state index contributed by atoms with van der Waals surface area (Å²) in [5, 5.41) is 3.55. The maximum absolute atomic E-state index is 13.4. The molecule has 1 aliphatic rings. The van der Waals surface area contributed by atoms with Crippen LogP contribution in [0.4, 0.5) is 4.39 Å². The highest BCUT2D eigenvalue weighted by molar-refractivity contribution is 5.26. The molecule has 0 aliphatic heterocycles. The van der Waals surface area contributed by atoms with Gasteiger partial charge in [-0.05, 0) is 49.4 Å². The van der Waals surface area contributed by atoms with Crippen LogP contribution in [0.3, 0.4) is 0 Å². The van der Waals surface area contributed by atoms with Crippen LogP contribution in [0, 0.1) is 18.7 Å². The Kier molecular flexibility index (Phi) is 5.38. The first-order valence-corrected chi connectivity index (χ1v) is 7.70. The van der Waals surface area contributed by atoms with E-state index < -0.39 is 0 Å². The fourth-order valence-corrected chi connectivity index (χ4v) is 3.22. The predicted molar refractivity (Wildman–Crippen MR) is 78.7 cm³/mol. The van der Waals surface area contributed by atoms with Gasteiger partial charge in [0, 0.05) is 6.04 Å². The second kappa shape index (κ2) is 7.04. The number of halogens is 1. The van der Waals surface area contributed by atoms with E-state index in [4.69, 9.17) is 0 Å². The molecule has 1 fully saturated rings. The van der Waals surface area contributed by atoms with Gasteiger partial charge in [0.15, 0.2) is 0 Å². The Balaban J connectivity index is 1.99. The van der Waals surface area contributed by atoms with Crippen molar-refractivity contribution in [1.82, 2.24) is 5.32 Å². The molecule has 0 heterocycles. The molecule has 0 aromatic heterocycles. The lowest BCUT2D eigenvalue weighted by molar-refractivity contribution is 0.416. The average Bonchev–Trinajstić information content (AvgIpc) is 2.91. The van der Waals surface area contributed by atoms with E-state index in [1.165, 1.54) is 44.1 Å². The Hall–Kier alpha value is -0.890. The first kappa shape index (κ1) is 14.5. The molecule has 0 amide bonds. The minimum atomic E-state index is -0.102. The van der Waals surface area contributed by atoms with Crippen LogP contribution in [0.1, 0.15) is 62.6 Å². The lowest BCUT2D eigenvalue weighted by atomic mass is 9.94. The van der Waals surface area contributed by atoms with E-state index in [0.29, 0.717) is 6.04 Å². The average molecular weight is 263 g/mol. The third-order valence-electron chi connectivity index (χ3n) is 4.37. The molecule has 1 aromatic carbocycles. The van der Waals surface area contributed by atoms with Crippen LogP contribution in [-0.2, 0) is 0 Å². The molecule has 1 saturated carbocycles. The zero-order valence-electron chi connectivity index (χ0n) is 12.2. The van der Waals surface area contributed by atoms with Crippen molar-refractivity contribution in [3.63, 3.8) is 0 Å². The maximum Gasteiger partial charge on any atom is 0.126 e. The van der Waals surface area contributed by atoms with Crippen LogP contribution >= 0.6 is 0 Å². The van der Waals surface area contributed by atoms with Crippen molar-refractivity contribution in [2.75, 3.05) is 6.54 Å². The largest absolute Gasteiger partial charge is 0.310 e. The fraction of sp³-hybridized carbons (Fsp3) is 0.647. The molecule has 1 aliphatic carbocycles. The fourth-order valence-electron chi connectivity index (χ4n) is 3.22. The number of rotatable bonds is 6. The first-order valence-electron chi connectivity index (χ1n) is 7.70. The van der Waals surface area contributed by atoms with Crippen LogP contribution in [0.25, 0.3) is 0 Å². The Bertz CT molecular complexity index is 396. The molecule has 2 heteroatoms. The van der Waals surface area contributed by atoms with Crippen LogP contribution < -0.4 is 5.32 Å². The van der Waals surface area contributed by atoms with Gasteiger partial charge in [0.25, 0.3) is 0 Å². The molecule has 0 saturated heterocycles. The van der Waals surface area contributed by atoms with Crippen LogP contribution in [0.15, 0.2) is 18.2 Å². The molecule has 2 rings (SSSR count). The number of nitrogens with one attached hydrogen (secondary N) is 1. The summed E-state index contributed by atoms with van der Waals surface area (Å²) in [5.41, 5.74) is 1.99. The van der Waals surface area contributed by atoms with Crippen molar-refractivity contribution in [3.8, 4) is 0 Å². The summed E-state index contributed by atoms with van der Waals surface area (Å²) in [6, 6.07) is 5.91. The zero-order chi connectivity index (χ0) is 13.7. The van der Waals surface area contributed by atoms with Crippen molar-refractivity contribution in [3.05, 3.63) is 35.1 Å². The summed E-state index contributed by atoms with van der Waals surface area (Å²) in [5.74, 6) is 0.817. The Morgan fingerprint density at radius 2 is 2.05 bits per heavy atom. The SMILES string of the molecule is CCNC(CCC1CCCC1)c1ccc(F)c(C)c1. The van der Waals surface area contributed by atoms with Gasteiger partial charge in [0.05, 0.1) is 0 Å². The molecule has 1 unspecified atom stereocenters. The van der Waals surface area contributed by atoms with Gasteiger partial charge < -0.3 is 5.32 Å². The lowest BCUT2D eigenvalue weighted by Crippen LogP contribution is -2.21. The standard InChI is InChI=1S/C17H26FN/c1-3-19-17(11-8-14-6-4-5-7-14)15-9-10-16(18)13(2)12-15/h9-10,12,14,17,19H,3-8,11H2,1-2H3. The van der Waals surface area contributed by atoms with Crippen molar-refractivity contribution >= 4 is 0 Å². The Morgan fingerprint density at radius 3 is 2.68 bits per heavy atom. The molecule has 0 radical (unpaired) electrons. The summed E-state index contributed by atoms with van der Waals surface area (Å²) in [6.45, 7) is 4.95. The van der Waals surface area contributed by atoms with E-state index in [1.54, 1.807) is 6.07 Å². The Morgan fingerprint density at radius 1 is 1.32 bits per heavy atom.